The van der Waals surface area contributed by atoms with Crippen molar-refractivity contribution in [3.05, 3.63) is 24.3 Å². The monoisotopic (exact) mass is 504 g/mol. The van der Waals surface area contributed by atoms with Gasteiger partial charge in [-0.2, -0.15) is 0 Å². The predicted molar refractivity (Wildman–Crippen MR) is 151 cm³/mol. The van der Waals surface area contributed by atoms with Crippen molar-refractivity contribution >= 4 is 11.9 Å². The molecular formula is C32H56O4. The van der Waals surface area contributed by atoms with Gasteiger partial charge in [0, 0.05) is 12.5 Å². The van der Waals surface area contributed by atoms with E-state index in [1.165, 1.54) is 102 Å². The Balaban J connectivity index is 2.43. The molecule has 0 aromatic rings. The molecule has 0 bridgehead atoms. The van der Waals surface area contributed by atoms with Crippen LogP contribution >= 0.6 is 0 Å². The molecule has 4 heteroatoms. The highest BCUT2D eigenvalue weighted by molar-refractivity contribution is 5.79. The highest BCUT2D eigenvalue weighted by Gasteiger charge is 2.34. The van der Waals surface area contributed by atoms with Gasteiger partial charge in [0.1, 0.15) is 0 Å². The molecule has 1 aliphatic rings. The lowest BCUT2D eigenvalue weighted by Gasteiger charge is -2.40. The highest BCUT2D eigenvalue weighted by Crippen LogP contribution is 2.43. The molecule has 0 fully saturated rings. The van der Waals surface area contributed by atoms with Gasteiger partial charge in [0.25, 0.3) is 0 Å². The third kappa shape index (κ3) is 15.5. The fourth-order valence-corrected chi connectivity index (χ4v) is 6.25. The summed E-state index contributed by atoms with van der Waals surface area (Å²) in [6.07, 6.45) is 31.7. The topological polar surface area (TPSA) is 74.6 Å². The first-order valence-electron chi connectivity index (χ1n) is 15.3. The Morgan fingerprint density at radius 1 is 0.639 bits per heavy atom. The molecule has 0 saturated heterocycles. The van der Waals surface area contributed by atoms with E-state index in [1.807, 2.05) is 0 Å². The van der Waals surface area contributed by atoms with Gasteiger partial charge in [-0.15, -0.1) is 0 Å². The molecule has 0 saturated carbocycles. The molecule has 4 nitrogen and oxygen atoms in total. The van der Waals surface area contributed by atoms with Crippen molar-refractivity contribution in [1.29, 1.82) is 0 Å². The van der Waals surface area contributed by atoms with Crippen molar-refractivity contribution in [3.63, 3.8) is 0 Å². The van der Waals surface area contributed by atoms with E-state index >= 15 is 0 Å². The number of carboxylic acid groups (broad SMARTS) is 2. The van der Waals surface area contributed by atoms with Crippen LogP contribution in [0.4, 0.5) is 0 Å². The summed E-state index contributed by atoms with van der Waals surface area (Å²) in [5.74, 6) is 1.68. The minimum atomic E-state index is -0.846. The van der Waals surface area contributed by atoms with Gasteiger partial charge in [-0.1, -0.05) is 109 Å². The lowest BCUT2D eigenvalue weighted by Crippen LogP contribution is -2.32. The van der Waals surface area contributed by atoms with Crippen LogP contribution in [0.1, 0.15) is 142 Å². The summed E-state index contributed by atoms with van der Waals surface area (Å²) in [4.78, 5) is 21.2. The quantitative estimate of drug-likeness (QED) is 0.0825. The van der Waals surface area contributed by atoms with Crippen LogP contribution in [0.3, 0.4) is 0 Å². The van der Waals surface area contributed by atoms with E-state index in [0.717, 1.165) is 49.4 Å². The minimum Gasteiger partial charge on any atom is -0.481 e. The van der Waals surface area contributed by atoms with Crippen molar-refractivity contribution in [3.8, 4) is 0 Å². The van der Waals surface area contributed by atoms with Crippen LogP contribution in [-0.2, 0) is 9.59 Å². The third-order valence-electron chi connectivity index (χ3n) is 8.10. The van der Waals surface area contributed by atoms with Crippen LogP contribution in [0.5, 0.6) is 0 Å². The Morgan fingerprint density at radius 2 is 1.14 bits per heavy atom. The number of rotatable bonds is 23. The number of unbranched alkanes of at least 4 members (excludes halogenated alkanes) is 11. The number of carboxylic acids is 2. The van der Waals surface area contributed by atoms with Gasteiger partial charge in [-0.05, 0) is 68.6 Å². The lowest BCUT2D eigenvalue weighted by molar-refractivity contribution is -0.137. The zero-order valence-electron chi connectivity index (χ0n) is 23.5. The van der Waals surface area contributed by atoms with Gasteiger partial charge >= 0.3 is 11.9 Å². The fraction of sp³-hybridized carbons (Fsp3) is 0.812. The molecule has 0 heterocycles. The maximum Gasteiger partial charge on any atom is 0.327 e. The highest BCUT2D eigenvalue weighted by atomic mass is 16.4. The molecular weight excluding hydrogens is 448 g/mol. The van der Waals surface area contributed by atoms with Gasteiger partial charge < -0.3 is 10.2 Å². The van der Waals surface area contributed by atoms with E-state index in [2.05, 4.69) is 26.0 Å². The summed E-state index contributed by atoms with van der Waals surface area (Å²) >= 11 is 0. The first-order chi connectivity index (χ1) is 17.5. The van der Waals surface area contributed by atoms with Crippen LogP contribution in [0, 0.1) is 23.7 Å². The van der Waals surface area contributed by atoms with E-state index in [0.29, 0.717) is 6.42 Å². The van der Waals surface area contributed by atoms with Crippen LogP contribution in [0.15, 0.2) is 24.3 Å². The normalized spacial score (nSPS) is 21.8. The average Bonchev–Trinajstić information content (AvgIpc) is 2.84. The minimum absolute atomic E-state index is 0.316. The van der Waals surface area contributed by atoms with Crippen LogP contribution in [-0.4, -0.2) is 22.2 Å². The Bertz CT molecular complexity index is 624. The Hall–Kier alpha value is -1.58. The van der Waals surface area contributed by atoms with E-state index in [1.54, 1.807) is 6.08 Å². The Labute approximate surface area is 222 Å². The zero-order valence-corrected chi connectivity index (χ0v) is 23.5. The summed E-state index contributed by atoms with van der Waals surface area (Å²) < 4.78 is 0. The molecule has 0 spiro atoms. The van der Waals surface area contributed by atoms with Gasteiger partial charge in [0.05, 0.1) is 0 Å². The van der Waals surface area contributed by atoms with Crippen LogP contribution in [0.2, 0.25) is 0 Å². The van der Waals surface area contributed by atoms with Crippen LogP contribution < -0.4 is 0 Å². The maximum absolute atomic E-state index is 10.6. The molecule has 1 aliphatic carbocycles. The molecule has 2 N–H and O–H groups in total. The van der Waals surface area contributed by atoms with E-state index in [-0.39, 0.29) is 0 Å². The molecule has 4 unspecified atom stereocenters. The molecule has 36 heavy (non-hydrogen) atoms. The molecule has 0 aromatic carbocycles. The Morgan fingerprint density at radius 3 is 1.72 bits per heavy atom. The molecule has 0 amide bonds. The van der Waals surface area contributed by atoms with E-state index < -0.39 is 11.9 Å². The van der Waals surface area contributed by atoms with Gasteiger partial charge in [0.2, 0.25) is 0 Å². The zero-order chi connectivity index (χ0) is 26.4. The largest absolute Gasteiger partial charge is 0.481 e. The summed E-state index contributed by atoms with van der Waals surface area (Å²) in [5, 5.41) is 17.4. The molecule has 1 rings (SSSR count). The summed E-state index contributed by atoms with van der Waals surface area (Å²) in [6, 6.07) is 0. The van der Waals surface area contributed by atoms with Crippen molar-refractivity contribution in [2.75, 3.05) is 0 Å². The molecule has 0 aromatic heterocycles. The maximum atomic E-state index is 10.6. The number of aliphatic carboxylic acids is 2. The molecule has 208 valence electrons. The number of hydrogen-bond donors (Lipinski definition) is 2. The van der Waals surface area contributed by atoms with Gasteiger partial charge in [0.15, 0.2) is 0 Å². The van der Waals surface area contributed by atoms with Crippen LogP contribution in [0.25, 0.3) is 0 Å². The van der Waals surface area contributed by atoms with E-state index in [9.17, 15) is 9.59 Å². The average molecular weight is 505 g/mol. The standard InChI is InChI=1S/C32H56O4/c1-3-19-27-25-26-28(21-15-11-9-10-14-18-24-32(35)36)30(29(27)20-4-2)22-16-12-7-5-6-8-13-17-23-31(33)34/h17,23,25-30H,3-16,18-22,24H2,1-2H3,(H,33,34)(H,35,36). The van der Waals surface area contributed by atoms with Crippen molar-refractivity contribution in [1.82, 2.24) is 0 Å². The smallest absolute Gasteiger partial charge is 0.327 e. The molecule has 0 aliphatic heterocycles. The van der Waals surface area contributed by atoms with E-state index in [4.69, 9.17) is 10.2 Å². The number of allylic oxidation sites excluding steroid dienone is 3. The number of carbonyl (C=O) groups is 2. The summed E-state index contributed by atoms with van der Waals surface area (Å²) in [6.45, 7) is 4.68. The van der Waals surface area contributed by atoms with Crippen molar-refractivity contribution in [2.45, 2.75) is 142 Å². The predicted octanol–water partition coefficient (Wildman–Crippen LogP) is 9.59. The Kier molecular flexibility index (Phi) is 19.4. The first-order valence-corrected chi connectivity index (χ1v) is 15.3. The van der Waals surface area contributed by atoms with Gasteiger partial charge in [-0.25, -0.2) is 4.79 Å². The second kappa shape index (κ2) is 21.5. The summed E-state index contributed by atoms with van der Waals surface area (Å²) in [7, 11) is 0. The van der Waals surface area contributed by atoms with Gasteiger partial charge in [-0.3, -0.25) is 4.79 Å². The SMILES string of the molecule is CCCC1C=CC(CCCCCCCCC(=O)O)C(CCCCCCCCC=CC(=O)O)C1CCC. The first kappa shape index (κ1) is 32.4. The third-order valence-corrected chi connectivity index (χ3v) is 8.10. The van der Waals surface area contributed by atoms with Crippen molar-refractivity contribution < 1.29 is 19.8 Å². The number of hydrogen-bond acceptors (Lipinski definition) is 2. The lowest BCUT2D eigenvalue weighted by atomic mass is 9.65. The second-order valence-electron chi connectivity index (χ2n) is 11.1. The second-order valence-corrected chi connectivity index (χ2v) is 11.1. The molecule has 0 radical (unpaired) electrons. The van der Waals surface area contributed by atoms with Crippen molar-refractivity contribution in [2.24, 2.45) is 23.7 Å². The summed E-state index contributed by atoms with van der Waals surface area (Å²) in [5.41, 5.74) is 0. The fourth-order valence-electron chi connectivity index (χ4n) is 6.25. The molecule has 4 atom stereocenters.